The number of rotatable bonds is 8. The maximum Gasteiger partial charge on any atom is 0.253 e. The molecule has 3 aromatic rings. The van der Waals surface area contributed by atoms with Gasteiger partial charge in [0.05, 0.1) is 24.4 Å². The van der Waals surface area contributed by atoms with E-state index < -0.39 is 6.29 Å². The van der Waals surface area contributed by atoms with E-state index in [-0.39, 0.29) is 30.6 Å². The molecule has 5 rings (SSSR count). The molecule has 7 nitrogen and oxygen atoms in total. The number of aliphatic hydroxyl groups excluding tert-OH is 1. The van der Waals surface area contributed by atoms with E-state index in [0.717, 1.165) is 41.9 Å². The van der Waals surface area contributed by atoms with Gasteiger partial charge in [-0.25, -0.2) is 0 Å². The number of aromatic nitrogens is 1. The number of hydrogen-bond acceptors (Lipinski definition) is 6. The van der Waals surface area contributed by atoms with Gasteiger partial charge in [-0.1, -0.05) is 74.7 Å². The summed E-state index contributed by atoms with van der Waals surface area (Å²) < 4.78 is 13.3. The smallest absolute Gasteiger partial charge is 0.253 e. The van der Waals surface area contributed by atoms with Crippen LogP contribution in [0.4, 0.5) is 0 Å². The van der Waals surface area contributed by atoms with E-state index in [1.54, 1.807) is 24.5 Å². The Kier molecular flexibility index (Phi) is 9.95. The van der Waals surface area contributed by atoms with Crippen molar-refractivity contribution < 1.29 is 19.4 Å². The monoisotopic (exact) mass is 543 g/mol. The number of hydrogen-bond donors (Lipinski definition) is 2. The molecule has 7 heteroatoms. The summed E-state index contributed by atoms with van der Waals surface area (Å²) in [5, 5.41) is 12.5. The van der Waals surface area contributed by atoms with Crippen LogP contribution in [-0.4, -0.2) is 46.6 Å². The fourth-order valence-corrected chi connectivity index (χ4v) is 5.65. The molecule has 0 radical (unpaired) electrons. The molecule has 4 atom stereocenters. The number of ether oxygens (including phenoxy) is 2. The number of amides is 1. The van der Waals surface area contributed by atoms with Gasteiger partial charge >= 0.3 is 0 Å². The van der Waals surface area contributed by atoms with Crippen molar-refractivity contribution in [2.75, 3.05) is 19.6 Å². The van der Waals surface area contributed by atoms with Gasteiger partial charge in [-0.2, -0.15) is 0 Å². The Morgan fingerprint density at radius 3 is 2.27 bits per heavy atom. The molecule has 212 valence electrons. The first kappa shape index (κ1) is 28.4. The molecule has 3 heterocycles. The fraction of sp³-hybridized carbons (Fsp3) is 0.455. The first-order valence-electron chi connectivity index (χ1n) is 14.6. The number of carbonyl (C=O) groups is 1. The van der Waals surface area contributed by atoms with Crippen LogP contribution in [0.15, 0.2) is 73.1 Å². The van der Waals surface area contributed by atoms with E-state index in [2.05, 4.69) is 34.3 Å². The Morgan fingerprint density at radius 2 is 1.60 bits per heavy atom. The van der Waals surface area contributed by atoms with Crippen LogP contribution in [-0.2, 0) is 22.6 Å². The van der Waals surface area contributed by atoms with Gasteiger partial charge in [0.2, 0.25) is 0 Å². The average Bonchev–Trinajstić information content (AvgIpc) is 2.99. The van der Waals surface area contributed by atoms with E-state index in [4.69, 9.17) is 9.47 Å². The van der Waals surface area contributed by atoms with Crippen molar-refractivity contribution in [2.24, 2.45) is 5.92 Å². The number of likely N-dealkylation sites (tertiary alicyclic amines) is 1. The minimum atomic E-state index is -0.488. The van der Waals surface area contributed by atoms with E-state index in [9.17, 15) is 9.90 Å². The normalized spacial score (nSPS) is 24.1. The van der Waals surface area contributed by atoms with Gasteiger partial charge in [0.1, 0.15) is 0 Å². The predicted molar refractivity (Wildman–Crippen MR) is 154 cm³/mol. The Hall–Kier alpha value is -3.10. The minimum Gasteiger partial charge on any atom is -0.392 e. The van der Waals surface area contributed by atoms with Crippen LogP contribution in [0.2, 0.25) is 0 Å². The molecule has 2 saturated heterocycles. The summed E-state index contributed by atoms with van der Waals surface area (Å²) in [4.78, 5) is 19.0. The quantitative estimate of drug-likeness (QED) is 0.387. The molecule has 0 aliphatic carbocycles. The number of carbonyl (C=O) groups excluding carboxylic acids is 1. The summed E-state index contributed by atoms with van der Waals surface area (Å²) in [5.41, 5.74) is 4.50. The van der Waals surface area contributed by atoms with Gasteiger partial charge in [0, 0.05) is 37.0 Å². The number of pyridine rings is 1. The fourth-order valence-electron chi connectivity index (χ4n) is 5.65. The Morgan fingerprint density at radius 1 is 0.925 bits per heavy atom. The van der Waals surface area contributed by atoms with Crippen LogP contribution >= 0.6 is 0 Å². The summed E-state index contributed by atoms with van der Waals surface area (Å²) in [7, 11) is 0. The summed E-state index contributed by atoms with van der Waals surface area (Å²) in [6.45, 7) is 5.81. The maximum atomic E-state index is 12.4. The summed E-state index contributed by atoms with van der Waals surface area (Å²) in [6, 6.07) is 19.7. The lowest BCUT2D eigenvalue weighted by Gasteiger charge is -2.43. The van der Waals surface area contributed by atoms with Crippen LogP contribution in [0.5, 0.6) is 0 Å². The predicted octanol–water partition coefficient (Wildman–Crippen LogP) is 5.56. The van der Waals surface area contributed by atoms with E-state index >= 15 is 0 Å². The van der Waals surface area contributed by atoms with E-state index in [0.29, 0.717) is 12.1 Å². The van der Waals surface area contributed by atoms with Gasteiger partial charge < -0.3 is 24.8 Å². The van der Waals surface area contributed by atoms with Crippen molar-refractivity contribution in [1.29, 1.82) is 0 Å². The molecule has 1 aromatic heterocycles. The summed E-state index contributed by atoms with van der Waals surface area (Å²) in [5.74, 6) is 0.0239. The van der Waals surface area contributed by atoms with Crippen LogP contribution in [0.1, 0.15) is 84.0 Å². The first-order valence-corrected chi connectivity index (χ1v) is 14.6. The molecule has 4 unspecified atom stereocenters. The molecule has 40 heavy (non-hydrogen) atoms. The third-order valence-electron chi connectivity index (χ3n) is 8.14. The molecular formula is C33H41N3O4. The highest BCUT2D eigenvalue weighted by molar-refractivity contribution is 5.93. The lowest BCUT2D eigenvalue weighted by Crippen LogP contribution is -2.45. The lowest BCUT2D eigenvalue weighted by atomic mass is 9.89. The summed E-state index contributed by atoms with van der Waals surface area (Å²) in [6.07, 6.45) is 9.07. The van der Waals surface area contributed by atoms with E-state index in [1.807, 2.05) is 36.4 Å². The molecular weight excluding hydrogens is 502 g/mol. The number of aliphatic hydroxyl groups is 1. The average molecular weight is 544 g/mol. The molecule has 2 N–H and O–H groups in total. The zero-order chi connectivity index (χ0) is 27.7. The highest BCUT2D eigenvalue weighted by atomic mass is 16.7. The third kappa shape index (κ3) is 7.34. The molecule has 2 aliphatic rings. The van der Waals surface area contributed by atoms with Crippen LogP contribution in [0.3, 0.4) is 0 Å². The molecule has 1 amide bonds. The van der Waals surface area contributed by atoms with Crippen LogP contribution < -0.4 is 5.32 Å². The van der Waals surface area contributed by atoms with Crippen molar-refractivity contribution in [3.8, 4) is 0 Å². The SMILES string of the molecule is CC1C(CN2CCCCCCC2)OC(c2ccc(CNC(=O)c3cccnc3)cc2)OC1c1ccc(CO)cc1. The highest BCUT2D eigenvalue weighted by Gasteiger charge is 2.39. The standard InChI is InChI=1S/C33H41N3O4/c1-24-30(22-36-18-5-3-2-4-6-19-36)39-33(40-31(24)27-13-11-26(23-37)12-14-27)28-15-9-25(10-16-28)20-35-32(38)29-8-7-17-34-21-29/h7-17,21,24,30-31,33,37H,2-6,18-20,22-23H2,1H3,(H,35,38). The van der Waals surface area contributed by atoms with Crippen molar-refractivity contribution in [1.82, 2.24) is 15.2 Å². The Bertz CT molecular complexity index is 1190. The number of benzene rings is 2. The first-order chi connectivity index (χ1) is 19.6. The Labute approximate surface area is 237 Å². The number of nitrogens with zero attached hydrogens (tertiary/aromatic N) is 2. The molecule has 0 saturated carbocycles. The largest absolute Gasteiger partial charge is 0.392 e. The third-order valence-corrected chi connectivity index (χ3v) is 8.14. The lowest BCUT2D eigenvalue weighted by molar-refractivity contribution is -0.276. The topological polar surface area (TPSA) is 83.9 Å². The van der Waals surface area contributed by atoms with Crippen LogP contribution in [0.25, 0.3) is 0 Å². The second kappa shape index (κ2) is 14.0. The Balaban J connectivity index is 1.30. The highest BCUT2D eigenvalue weighted by Crippen LogP contribution is 2.42. The summed E-state index contributed by atoms with van der Waals surface area (Å²) >= 11 is 0. The van der Waals surface area contributed by atoms with Crippen molar-refractivity contribution in [3.05, 3.63) is 101 Å². The van der Waals surface area contributed by atoms with Crippen LogP contribution in [0, 0.1) is 5.92 Å². The second-order valence-corrected chi connectivity index (χ2v) is 11.1. The molecule has 0 spiro atoms. The zero-order valence-electron chi connectivity index (χ0n) is 23.4. The minimum absolute atomic E-state index is 0.0270. The van der Waals surface area contributed by atoms with E-state index in [1.165, 1.54) is 32.1 Å². The molecule has 2 aliphatic heterocycles. The van der Waals surface area contributed by atoms with Crippen molar-refractivity contribution >= 4 is 5.91 Å². The zero-order valence-corrected chi connectivity index (χ0v) is 23.4. The van der Waals surface area contributed by atoms with Gasteiger partial charge in [-0.05, 0) is 54.8 Å². The molecule has 2 fully saturated rings. The van der Waals surface area contributed by atoms with Crippen molar-refractivity contribution in [2.45, 2.75) is 70.7 Å². The van der Waals surface area contributed by atoms with Gasteiger partial charge in [-0.3, -0.25) is 9.78 Å². The maximum absolute atomic E-state index is 12.4. The van der Waals surface area contributed by atoms with Gasteiger partial charge in [0.25, 0.3) is 5.91 Å². The van der Waals surface area contributed by atoms with Crippen molar-refractivity contribution in [3.63, 3.8) is 0 Å². The van der Waals surface area contributed by atoms with Gasteiger partial charge in [0.15, 0.2) is 6.29 Å². The second-order valence-electron chi connectivity index (χ2n) is 11.1. The van der Waals surface area contributed by atoms with Gasteiger partial charge in [-0.15, -0.1) is 0 Å². The number of nitrogens with one attached hydrogen (secondary N) is 1. The molecule has 0 bridgehead atoms. The molecule has 2 aromatic carbocycles.